The van der Waals surface area contributed by atoms with Crippen molar-refractivity contribution >= 4 is 5.91 Å². The molecule has 0 atom stereocenters. The van der Waals surface area contributed by atoms with E-state index in [4.69, 9.17) is 4.74 Å². The van der Waals surface area contributed by atoms with Crippen molar-refractivity contribution in [1.82, 2.24) is 4.90 Å². The summed E-state index contributed by atoms with van der Waals surface area (Å²) in [6.45, 7) is 4.69. The van der Waals surface area contributed by atoms with Gasteiger partial charge in [0.1, 0.15) is 0 Å². The molecule has 2 heterocycles. The molecule has 0 radical (unpaired) electrons. The van der Waals surface area contributed by atoms with Gasteiger partial charge in [-0.2, -0.15) is 0 Å². The Bertz CT molecular complexity index is 252. The van der Waals surface area contributed by atoms with Gasteiger partial charge in [0.2, 0.25) is 0 Å². The maximum absolute atomic E-state index is 11.8. The van der Waals surface area contributed by atoms with Crippen LogP contribution in [0.25, 0.3) is 0 Å². The Morgan fingerprint density at radius 3 is 2.79 bits per heavy atom. The van der Waals surface area contributed by atoms with Crippen LogP contribution in [0.4, 0.5) is 0 Å². The van der Waals surface area contributed by atoms with E-state index in [2.05, 4.69) is 6.92 Å². The Morgan fingerprint density at radius 2 is 2.21 bits per heavy atom. The van der Waals surface area contributed by atoms with Crippen molar-refractivity contribution in [3.05, 3.63) is 11.8 Å². The number of rotatable bonds is 1. The van der Waals surface area contributed by atoms with Gasteiger partial charge in [-0.15, -0.1) is 0 Å². The van der Waals surface area contributed by atoms with E-state index >= 15 is 0 Å². The van der Waals surface area contributed by atoms with Crippen LogP contribution in [-0.4, -0.2) is 30.5 Å². The van der Waals surface area contributed by atoms with E-state index in [1.165, 1.54) is 0 Å². The second-order valence-corrected chi connectivity index (χ2v) is 4.18. The molecule has 0 saturated carbocycles. The largest absolute Gasteiger partial charge is 0.488 e. The lowest BCUT2D eigenvalue weighted by molar-refractivity contribution is -0.131. The minimum Gasteiger partial charge on any atom is -0.488 e. The second kappa shape index (κ2) is 4.03. The topological polar surface area (TPSA) is 29.5 Å². The molecule has 1 fully saturated rings. The quantitative estimate of drug-likeness (QED) is 0.635. The van der Waals surface area contributed by atoms with Crippen LogP contribution >= 0.6 is 0 Å². The summed E-state index contributed by atoms with van der Waals surface area (Å²) >= 11 is 0. The van der Waals surface area contributed by atoms with Crippen LogP contribution in [0.3, 0.4) is 0 Å². The molecule has 0 aromatic carbocycles. The van der Waals surface area contributed by atoms with Gasteiger partial charge in [-0.25, -0.2) is 0 Å². The molecule has 0 aromatic heterocycles. The van der Waals surface area contributed by atoms with Gasteiger partial charge in [-0.3, -0.25) is 4.79 Å². The van der Waals surface area contributed by atoms with Crippen molar-refractivity contribution in [3.8, 4) is 0 Å². The lowest BCUT2D eigenvalue weighted by Gasteiger charge is -2.30. The monoisotopic (exact) mass is 195 g/mol. The number of ether oxygens (including phenoxy) is 1. The zero-order valence-electron chi connectivity index (χ0n) is 8.66. The standard InChI is InChI=1S/C11H17NO2/c1-9-4-6-12(7-5-9)11(13)10-3-2-8-14-10/h3,9H,2,4-8H2,1H3. The minimum atomic E-state index is 0.0920. The maximum Gasteiger partial charge on any atom is 0.288 e. The Morgan fingerprint density at radius 1 is 1.50 bits per heavy atom. The fourth-order valence-electron chi connectivity index (χ4n) is 1.93. The van der Waals surface area contributed by atoms with Crippen LogP contribution in [0.1, 0.15) is 26.2 Å². The van der Waals surface area contributed by atoms with Crippen LogP contribution in [-0.2, 0) is 9.53 Å². The summed E-state index contributed by atoms with van der Waals surface area (Å²) in [5, 5.41) is 0. The SMILES string of the molecule is CC1CCN(C(=O)C2=CCCO2)CC1. The van der Waals surface area contributed by atoms with E-state index in [0.29, 0.717) is 12.4 Å². The molecular formula is C11H17NO2. The van der Waals surface area contributed by atoms with E-state index in [9.17, 15) is 4.79 Å². The van der Waals surface area contributed by atoms with E-state index in [1.807, 2.05) is 11.0 Å². The van der Waals surface area contributed by atoms with Crippen molar-refractivity contribution in [2.75, 3.05) is 19.7 Å². The van der Waals surface area contributed by atoms with Crippen LogP contribution in [0, 0.1) is 5.92 Å². The summed E-state index contributed by atoms with van der Waals surface area (Å²) in [5.74, 6) is 1.42. The van der Waals surface area contributed by atoms with Crippen LogP contribution < -0.4 is 0 Å². The van der Waals surface area contributed by atoms with E-state index in [0.717, 1.165) is 38.3 Å². The Kier molecular flexibility index (Phi) is 2.75. The van der Waals surface area contributed by atoms with Gasteiger partial charge in [0, 0.05) is 19.5 Å². The molecular weight excluding hydrogens is 178 g/mol. The smallest absolute Gasteiger partial charge is 0.288 e. The summed E-state index contributed by atoms with van der Waals surface area (Å²) < 4.78 is 5.26. The summed E-state index contributed by atoms with van der Waals surface area (Å²) in [6.07, 6.45) is 5.03. The average Bonchev–Trinajstić information content (AvgIpc) is 2.71. The third kappa shape index (κ3) is 1.91. The van der Waals surface area contributed by atoms with Crippen LogP contribution in [0.5, 0.6) is 0 Å². The normalized spacial score (nSPS) is 23.2. The predicted molar refractivity (Wildman–Crippen MR) is 53.6 cm³/mol. The second-order valence-electron chi connectivity index (χ2n) is 4.18. The highest BCUT2D eigenvalue weighted by Crippen LogP contribution is 2.19. The summed E-state index contributed by atoms with van der Waals surface area (Å²) in [5.41, 5.74) is 0. The molecule has 0 aliphatic carbocycles. The minimum absolute atomic E-state index is 0.0920. The summed E-state index contributed by atoms with van der Waals surface area (Å²) in [4.78, 5) is 13.8. The number of carbonyl (C=O) groups excluding carboxylic acids is 1. The molecule has 3 nitrogen and oxygen atoms in total. The number of carbonyl (C=O) groups is 1. The van der Waals surface area contributed by atoms with Crippen molar-refractivity contribution in [2.24, 2.45) is 5.92 Å². The van der Waals surface area contributed by atoms with Gasteiger partial charge in [-0.05, 0) is 24.8 Å². The van der Waals surface area contributed by atoms with Crippen LogP contribution in [0.2, 0.25) is 0 Å². The molecule has 0 aromatic rings. The van der Waals surface area contributed by atoms with Gasteiger partial charge < -0.3 is 9.64 Å². The van der Waals surface area contributed by atoms with Crippen molar-refractivity contribution in [1.29, 1.82) is 0 Å². The molecule has 14 heavy (non-hydrogen) atoms. The lowest BCUT2D eigenvalue weighted by atomic mass is 9.99. The molecule has 2 rings (SSSR count). The molecule has 0 bridgehead atoms. The molecule has 0 unspecified atom stereocenters. The van der Waals surface area contributed by atoms with Crippen LogP contribution in [0.15, 0.2) is 11.8 Å². The van der Waals surface area contributed by atoms with Crippen molar-refractivity contribution in [2.45, 2.75) is 26.2 Å². The first-order valence-electron chi connectivity index (χ1n) is 5.39. The number of amides is 1. The van der Waals surface area contributed by atoms with E-state index in [-0.39, 0.29) is 5.91 Å². The third-order valence-corrected chi connectivity index (χ3v) is 2.99. The number of likely N-dealkylation sites (tertiary alicyclic amines) is 1. The highest BCUT2D eigenvalue weighted by molar-refractivity contribution is 5.91. The fraction of sp³-hybridized carbons (Fsp3) is 0.727. The van der Waals surface area contributed by atoms with Gasteiger partial charge in [0.05, 0.1) is 6.61 Å². The Balaban J connectivity index is 1.91. The molecule has 2 aliphatic heterocycles. The first-order valence-corrected chi connectivity index (χ1v) is 5.39. The predicted octanol–water partition coefficient (Wildman–Crippen LogP) is 1.55. The Hall–Kier alpha value is -0.990. The molecule has 0 N–H and O–H groups in total. The molecule has 78 valence electrons. The maximum atomic E-state index is 11.8. The van der Waals surface area contributed by atoms with Gasteiger partial charge >= 0.3 is 0 Å². The number of hydrogen-bond acceptors (Lipinski definition) is 2. The number of hydrogen-bond donors (Lipinski definition) is 0. The average molecular weight is 195 g/mol. The zero-order valence-corrected chi connectivity index (χ0v) is 8.66. The number of piperidine rings is 1. The highest BCUT2D eigenvalue weighted by Gasteiger charge is 2.25. The van der Waals surface area contributed by atoms with Gasteiger partial charge in [-0.1, -0.05) is 6.92 Å². The molecule has 2 aliphatic rings. The first-order chi connectivity index (χ1) is 6.77. The van der Waals surface area contributed by atoms with E-state index in [1.54, 1.807) is 0 Å². The summed E-state index contributed by atoms with van der Waals surface area (Å²) in [6, 6.07) is 0. The molecule has 1 saturated heterocycles. The fourth-order valence-corrected chi connectivity index (χ4v) is 1.93. The Labute approximate surface area is 84.7 Å². The van der Waals surface area contributed by atoms with Crippen molar-refractivity contribution in [3.63, 3.8) is 0 Å². The van der Waals surface area contributed by atoms with Gasteiger partial charge in [0.25, 0.3) is 5.91 Å². The molecule has 1 amide bonds. The van der Waals surface area contributed by atoms with Gasteiger partial charge in [0.15, 0.2) is 5.76 Å². The lowest BCUT2D eigenvalue weighted by Crippen LogP contribution is -2.38. The molecule has 0 spiro atoms. The highest BCUT2D eigenvalue weighted by atomic mass is 16.5. The van der Waals surface area contributed by atoms with E-state index < -0.39 is 0 Å². The molecule has 3 heteroatoms. The zero-order chi connectivity index (χ0) is 9.97. The third-order valence-electron chi connectivity index (χ3n) is 2.99. The summed E-state index contributed by atoms with van der Waals surface area (Å²) in [7, 11) is 0. The first kappa shape index (κ1) is 9.56. The van der Waals surface area contributed by atoms with Crippen molar-refractivity contribution < 1.29 is 9.53 Å². The number of nitrogens with zero attached hydrogens (tertiary/aromatic N) is 1.